The van der Waals surface area contributed by atoms with Crippen molar-refractivity contribution < 1.29 is 23.4 Å². The number of carbonyl (C=O) groups excluding carboxylic acids is 1. The third kappa shape index (κ3) is 5.12. The lowest BCUT2D eigenvalue weighted by Gasteiger charge is -2.11. The molecule has 6 aromatic rings. The molecule has 11 heteroatoms. The fourth-order valence-corrected chi connectivity index (χ4v) is 4.86. The summed E-state index contributed by atoms with van der Waals surface area (Å²) in [6.07, 6.45) is 1.79. The second-order valence-corrected chi connectivity index (χ2v) is 9.88. The highest BCUT2D eigenvalue weighted by molar-refractivity contribution is 7.18. The zero-order chi connectivity index (χ0) is 26.9. The van der Waals surface area contributed by atoms with Crippen molar-refractivity contribution in [3.05, 3.63) is 89.1 Å². The first-order valence-corrected chi connectivity index (χ1v) is 13.0. The van der Waals surface area contributed by atoms with Crippen molar-refractivity contribution in [2.45, 2.75) is 6.61 Å². The zero-order valence-corrected chi connectivity index (χ0v) is 22.4. The second-order valence-electron chi connectivity index (χ2n) is 8.52. The fourth-order valence-electron chi connectivity index (χ4n) is 4.03. The average molecular weight is 561 g/mol. The van der Waals surface area contributed by atoms with Crippen LogP contribution in [0.2, 0.25) is 5.02 Å². The van der Waals surface area contributed by atoms with Gasteiger partial charge in [0.15, 0.2) is 5.76 Å². The van der Waals surface area contributed by atoms with Crippen LogP contribution in [-0.2, 0) is 6.61 Å². The topological polar surface area (TPSA) is 100 Å². The summed E-state index contributed by atoms with van der Waals surface area (Å²) in [4.78, 5) is 17.9. The largest absolute Gasteiger partial charge is 0.496 e. The number of furan rings is 1. The third-order valence-corrected chi connectivity index (χ3v) is 7.08. The Kier molecular flexibility index (Phi) is 6.55. The first kappa shape index (κ1) is 24.8. The van der Waals surface area contributed by atoms with Crippen LogP contribution in [0.5, 0.6) is 16.7 Å². The first-order chi connectivity index (χ1) is 19.0. The van der Waals surface area contributed by atoms with E-state index in [1.165, 1.54) is 11.3 Å². The number of ether oxygens (including phenoxy) is 3. The maximum absolute atomic E-state index is 12.6. The Morgan fingerprint density at radius 1 is 1.08 bits per heavy atom. The lowest BCUT2D eigenvalue weighted by atomic mass is 10.1. The van der Waals surface area contributed by atoms with Crippen LogP contribution >= 0.6 is 22.9 Å². The van der Waals surface area contributed by atoms with Crippen molar-refractivity contribution in [1.29, 1.82) is 0 Å². The molecule has 0 unspecified atom stereocenters. The first-order valence-electron chi connectivity index (χ1n) is 11.8. The minimum Gasteiger partial charge on any atom is -0.496 e. The minimum atomic E-state index is -0.224. The normalized spacial score (nSPS) is 11.2. The predicted molar refractivity (Wildman–Crippen MR) is 149 cm³/mol. The molecule has 1 amide bonds. The maximum atomic E-state index is 12.6. The number of halogens is 1. The SMILES string of the molecule is COc1cc(OCc2cccc(NC(=O)c3ccc(Cl)cc3)c2)c2cc(-c3cn4nc(OC)sc4n3)oc2c1. The van der Waals surface area contributed by atoms with E-state index in [1.54, 1.807) is 55.3 Å². The van der Waals surface area contributed by atoms with Crippen molar-refractivity contribution in [3.63, 3.8) is 0 Å². The molecular weight excluding hydrogens is 540 g/mol. The Morgan fingerprint density at radius 2 is 1.92 bits per heavy atom. The molecule has 0 aliphatic heterocycles. The van der Waals surface area contributed by atoms with E-state index in [0.29, 0.717) is 55.0 Å². The van der Waals surface area contributed by atoms with Crippen LogP contribution in [0.3, 0.4) is 0 Å². The lowest BCUT2D eigenvalue weighted by molar-refractivity contribution is 0.102. The van der Waals surface area contributed by atoms with E-state index in [2.05, 4.69) is 15.4 Å². The van der Waals surface area contributed by atoms with Crippen LogP contribution in [0.4, 0.5) is 5.69 Å². The summed E-state index contributed by atoms with van der Waals surface area (Å²) >= 11 is 7.26. The number of nitrogens with one attached hydrogen (secondary N) is 1. The van der Waals surface area contributed by atoms with Gasteiger partial charge in [0, 0.05) is 28.4 Å². The van der Waals surface area contributed by atoms with Crippen molar-refractivity contribution in [1.82, 2.24) is 14.6 Å². The molecule has 1 N–H and O–H groups in total. The molecule has 3 heterocycles. The molecule has 39 heavy (non-hydrogen) atoms. The summed E-state index contributed by atoms with van der Waals surface area (Å²) in [6, 6.07) is 19.7. The van der Waals surface area contributed by atoms with Crippen LogP contribution < -0.4 is 19.5 Å². The number of fused-ring (bicyclic) bond motifs is 2. The van der Waals surface area contributed by atoms with E-state index in [9.17, 15) is 4.79 Å². The highest BCUT2D eigenvalue weighted by atomic mass is 35.5. The molecule has 6 rings (SSSR count). The highest BCUT2D eigenvalue weighted by Gasteiger charge is 2.17. The number of amides is 1. The van der Waals surface area contributed by atoms with Crippen molar-refractivity contribution >= 4 is 50.5 Å². The zero-order valence-electron chi connectivity index (χ0n) is 20.8. The van der Waals surface area contributed by atoms with Gasteiger partial charge in [0.05, 0.1) is 25.8 Å². The van der Waals surface area contributed by atoms with Gasteiger partial charge in [0.2, 0.25) is 4.96 Å². The lowest BCUT2D eigenvalue weighted by Crippen LogP contribution is -2.12. The van der Waals surface area contributed by atoms with E-state index in [4.69, 9.17) is 30.2 Å². The van der Waals surface area contributed by atoms with Gasteiger partial charge in [-0.05, 0) is 59.4 Å². The third-order valence-electron chi connectivity index (χ3n) is 5.95. The highest BCUT2D eigenvalue weighted by Crippen LogP contribution is 2.37. The van der Waals surface area contributed by atoms with Gasteiger partial charge < -0.3 is 23.9 Å². The van der Waals surface area contributed by atoms with Gasteiger partial charge in [-0.15, -0.1) is 5.10 Å². The van der Waals surface area contributed by atoms with Crippen molar-refractivity contribution in [2.24, 2.45) is 0 Å². The van der Waals surface area contributed by atoms with Gasteiger partial charge in [-0.3, -0.25) is 4.79 Å². The van der Waals surface area contributed by atoms with Crippen LogP contribution in [0, 0.1) is 0 Å². The van der Waals surface area contributed by atoms with Crippen LogP contribution in [-0.4, -0.2) is 34.7 Å². The molecule has 0 bridgehead atoms. The number of hydrogen-bond donors (Lipinski definition) is 1. The molecule has 0 aliphatic rings. The van der Waals surface area contributed by atoms with Crippen molar-refractivity contribution in [2.75, 3.05) is 19.5 Å². The molecule has 0 aliphatic carbocycles. The Morgan fingerprint density at radius 3 is 2.69 bits per heavy atom. The number of benzene rings is 3. The number of methoxy groups -OCH3 is 2. The number of hydrogen-bond acceptors (Lipinski definition) is 8. The summed E-state index contributed by atoms with van der Waals surface area (Å²) in [5.74, 6) is 1.54. The molecular formula is C28H21ClN4O5S. The fraction of sp³-hybridized carbons (Fsp3) is 0.107. The van der Waals surface area contributed by atoms with E-state index in [1.807, 2.05) is 36.4 Å². The van der Waals surface area contributed by atoms with Gasteiger partial charge in [-0.2, -0.15) is 0 Å². The second kappa shape index (κ2) is 10.3. The van der Waals surface area contributed by atoms with Gasteiger partial charge >= 0.3 is 0 Å². The number of aromatic nitrogens is 3. The summed E-state index contributed by atoms with van der Waals surface area (Å²) in [5.41, 5.74) is 3.29. The molecule has 196 valence electrons. The van der Waals surface area contributed by atoms with Gasteiger partial charge in [0.1, 0.15) is 29.4 Å². The van der Waals surface area contributed by atoms with Crippen LogP contribution in [0.15, 0.2) is 77.3 Å². The molecule has 0 radical (unpaired) electrons. The minimum absolute atomic E-state index is 0.224. The standard InChI is InChI=1S/C28H21ClN4O5S/c1-35-20-11-23(21-13-25(38-24(21)12-20)22-14-33-27(31-22)39-28(32-33)36-2)37-15-16-4-3-5-19(10-16)30-26(34)17-6-8-18(29)9-7-17/h3-14H,15H2,1-2H3,(H,30,34). The molecule has 0 atom stereocenters. The molecule has 0 fully saturated rings. The Balaban J connectivity index is 1.23. The van der Waals surface area contributed by atoms with Crippen LogP contribution in [0.1, 0.15) is 15.9 Å². The van der Waals surface area contributed by atoms with Crippen molar-refractivity contribution in [3.8, 4) is 28.1 Å². The van der Waals surface area contributed by atoms with Crippen LogP contribution in [0.25, 0.3) is 27.4 Å². The predicted octanol–water partition coefficient (Wildman–Crippen LogP) is 6.71. The Bertz CT molecular complexity index is 1780. The summed E-state index contributed by atoms with van der Waals surface area (Å²) in [7, 11) is 3.16. The van der Waals surface area contributed by atoms with E-state index >= 15 is 0 Å². The Labute approximate surface area is 231 Å². The molecule has 9 nitrogen and oxygen atoms in total. The summed E-state index contributed by atoms with van der Waals surface area (Å²) in [6.45, 7) is 0.261. The average Bonchev–Trinajstić information content (AvgIpc) is 3.65. The Hall–Kier alpha value is -4.54. The van der Waals surface area contributed by atoms with Gasteiger partial charge in [0.25, 0.3) is 11.1 Å². The monoisotopic (exact) mass is 560 g/mol. The van der Waals surface area contributed by atoms with E-state index < -0.39 is 0 Å². The maximum Gasteiger partial charge on any atom is 0.294 e. The molecule has 3 aromatic heterocycles. The number of anilines is 1. The molecule has 0 spiro atoms. The number of rotatable bonds is 8. The number of imidazole rings is 1. The van der Waals surface area contributed by atoms with E-state index in [-0.39, 0.29) is 12.5 Å². The quantitative estimate of drug-likeness (QED) is 0.221. The smallest absolute Gasteiger partial charge is 0.294 e. The summed E-state index contributed by atoms with van der Waals surface area (Å²) < 4.78 is 24.6. The summed E-state index contributed by atoms with van der Waals surface area (Å²) in [5, 5.41) is 9.11. The van der Waals surface area contributed by atoms with E-state index in [0.717, 1.165) is 10.9 Å². The molecule has 0 saturated carbocycles. The number of nitrogens with zero attached hydrogens (tertiary/aromatic N) is 3. The van der Waals surface area contributed by atoms with Gasteiger partial charge in [-0.25, -0.2) is 9.50 Å². The molecule has 0 saturated heterocycles. The van der Waals surface area contributed by atoms with Gasteiger partial charge in [-0.1, -0.05) is 23.7 Å². The number of carbonyl (C=O) groups is 1. The molecule has 3 aromatic carbocycles.